The monoisotopic (exact) mass is 432 g/mol. The Bertz CT molecular complexity index is 922. The third-order valence-corrected chi connectivity index (χ3v) is 6.56. The lowest BCUT2D eigenvalue weighted by Gasteiger charge is -2.33. The number of carbonyl (C=O) groups excluding carboxylic acids is 1. The minimum Gasteiger partial charge on any atom is -0.339 e. The highest BCUT2D eigenvalue weighted by molar-refractivity contribution is 7.99. The van der Waals surface area contributed by atoms with Gasteiger partial charge in [0.1, 0.15) is 5.82 Å². The second-order valence-corrected chi connectivity index (χ2v) is 8.70. The highest BCUT2D eigenvalue weighted by Gasteiger charge is 2.22. The second-order valence-electron chi connectivity index (χ2n) is 6.77. The van der Waals surface area contributed by atoms with Crippen LogP contribution in [0.4, 0.5) is 4.39 Å². The number of nitrogens with zero attached hydrogens (tertiary/aromatic N) is 4. The maximum Gasteiger partial charge on any atom is 0.241 e. The molecule has 0 N–H and O–H groups in total. The molecular formula is C20H21FN4O2S2. The van der Waals surface area contributed by atoms with Crippen molar-refractivity contribution in [3.05, 3.63) is 59.0 Å². The molecule has 0 bridgehead atoms. The van der Waals surface area contributed by atoms with E-state index in [4.69, 9.17) is 4.52 Å². The van der Waals surface area contributed by atoms with Crippen molar-refractivity contribution in [3.63, 3.8) is 0 Å². The lowest BCUT2D eigenvalue weighted by atomic mass is 10.2. The summed E-state index contributed by atoms with van der Waals surface area (Å²) in [5.41, 5.74) is 1.02. The van der Waals surface area contributed by atoms with Gasteiger partial charge in [0.2, 0.25) is 17.6 Å². The zero-order chi connectivity index (χ0) is 20.1. The van der Waals surface area contributed by atoms with Crippen molar-refractivity contribution in [3.8, 4) is 10.7 Å². The van der Waals surface area contributed by atoms with Crippen LogP contribution in [-0.2, 0) is 17.1 Å². The number of piperazine rings is 1. The van der Waals surface area contributed by atoms with Gasteiger partial charge in [-0.1, -0.05) is 23.4 Å². The van der Waals surface area contributed by atoms with E-state index in [-0.39, 0.29) is 11.7 Å². The fourth-order valence-corrected chi connectivity index (χ4v) is 4.64. The molecule has 1 saturated heterocycles. The van der Waals surface area contributed by atoms with Gasteiger partial charge in [-0.25, -0.2) is 4.39 Å². The zero-order valence-corrected chi connectivity index (χ0v) is 17.4. The third-order valence-electron chi connectivity index (χ3n) is 4.70. The molecule has 0 unspecified atom stereocenters. The smallest absolute Gasteiger partial charge is 0.241 e. The van der Waals surface area contributed by atoms with Crippen LogP contribution in [-0.4, -0.2) is 57.8 Å². The maximum absolute atomic E-state index is 12.9. The number of hydrogen-bond acceptors (Lipinski definition) is 7. The Kier molecular flexibility index (Phi) is 6.58. The van der Waals surface area contributed by atoms with Crippen LogP contribution in [0.5, 0.6) is 0 Å². The highest BCUT2D eigenvalue weighted by atomic mass is 32.2. The average Bonchev–Trinajstić information content (AvgIpc) is 3.42. The van der Waals surface area contributed by atoms with Gasteiger partial charge in [-0.15, -0.1) is 23.1 Å². The molecule has 9 heteroatoms. The van der Waals surface area contributed by atoms with E-state index in [1.807, 2.05) is 22.4 Å². The van der Waals surface area contributed by atoms with Gasteiger partial charge in [-0.3, -0.25) is 9.69 Å². The van der Waals surface area contributed by atoms with E-state index in [9.17, 15) is 9.18 Å². The molecule has 1 amide bonds. The first-order valence-electron chi connectivity index (χ1n) is 9.36. The number of halogens is 1. The second kappa shape index (κ2) is 9.51. The Morgan fingerprint density at radius 2 is 1.97 bits per heavy atom. The molecule has 152 valence electrons. The Hall–Kier alpha value is -2.23. The molecule has 0 aliphatic carbocycles. The number of carbonyl (C=O) groups is 1. The summed E-state index contributed by atoms with van der Waals surface area (Å²) in [7, 11) is 0. The van der Waals surface area contributed by atoms with Crippen molar-refractivity contribution >= 4 is 29.0 Å². The van der Waals surface area contributed by atoms with E-state index in [0.717, 1.165) is 23.5 Å². The first kappa shape index (κ1) is 20.1. The molecule has 1 aliphatic heterocycles. The van der Waals surface area contributed by atoms with Crippen molar-refractivity contribution in [1.29, 1.82) is 0 Å². The Morgan fingerprint density at radius 1 is 1.17 bits per heavy atom. The molecule has 4 rings (SSSR count). The highest BCUT2D eigenvalue weighted by Crippen LogP contribution is 2.22. The van der Waals surface area contributed by atoms with Crippen LogP contribution in [0.2, 0.25) is 0 Å². The molecule has 1 aliphatic rings. The summed E-state index contributed by atoms with van der Waals surface area (Å²) in [6.07, 6.45) is 0. The van der Waals surface area contributed by atoms with Crippen molar-refractivity contribution < 1.29 is 13.7 Å². The van der Waals surface area contributed by atoms with Gasteiger partial charge < -0.3 is 9.42 Å². The molecule has 29 heavy (non-hydrogen) atoms. The Labute approximate surface area is 176 Å². The predicted octanol–water partition coefficient (Wildman–Crippen LogP) is 3.51. The molecular weight excluding hydrogens is 411 g/mol. The Morgan fingerprint density at radius 3 is 2.69 bits per heavy atom. The van der Waals surface area contributed by atoms with Gasteiger partial charge in [-0.2, -0.15) is 4.98 Å². The van der Waals surface area contributed by atoms with Crippen LogP contribution in [0, 0.1) is 5.82 Å². The summed E-state index contributed by atoms with van der Waals surface area (Å²) in [5, 5.41) is 6.03. The number of amides is 1. The van der Waals surface area contributed by atoms with E-state index >= 15 is 0 Å². The molecule has 6 nitrogen and oxygen atoms in total. The molecule has 1 aromatic carbocycles. The number of thioether (sulfide) groups is 1. The molecule has 3 heterocycles. The lowest BCUT2D eigenvalue weighted by molar-refractivity contribution is -0.130. The summed E-state index contributed by atoms with van der Waals surface area (Å²) in [6, 6.07) is 10.3. The van der Waals surface area contributed by atoms with Crippen molar-refractivity contribution in [2.75, 3.05) is 31.9 Å². The van der Waals surface area contributed by atoms with E-state index in [1.54, 1.807) is 35.2 Å². The molecule has 2 aromatic heterocycles. The minimum absolute atomic E-state index is 0.148. The quantitative estimate of drug-likeness (QED) is 0.569. The van der Waals surface area contributed by atoms with Crippen molar-refractivity contribution in [1.82, 2.24) is 19.9 Å². The molecule has 0 saturated carbocycles. The van der Waals surface area contributed by atoms with Crippen molar-refractivity contribution in [2.24, 2.45) is 0 Å². The number of benzene rings is 1. The van der Waals surface area contributed by atoms with Crippen LogP contribution < -0.4 is 0 Å². The van der Waals surface area contributed by atoms with Crippen LogP contribution >= 0.6 is 23.1 Å². The topological polar surface area (TPSA) is 62.5 Å². The Balaban J connectivity index is 1.19. The number of rotatable bonds is 7. The van der Waals surface area contributed by atoms with Crippen LogP contribution in [0.3, 0.4) is 0 Å². The summed E-state index contributed by atoms with van der Waals surface area (Å²) in [5.74, 6) is 2.27. The van der Waals surface area contributed by atoms with Crippen LogP contribution in [0.15, 0.2) is 46.3 Å². The van der Waals surface area contributed by atoms with E-state index in [2.05, 4.69) is 15.0 Å². The van der Waals surface area contributed by atoms with Gasteiger partial charge in [0.25, 0.3) is 0 Å². The standard InChI is InChI=1S/C20H21FN4O2S2/c21-16-5-3-15(4-6-16)13-28-14-19(26)25-9-7-24(8-10-25)12-18-22-20(23-27-18)17-2-1-11-29-17/h1-6,11H,7-10,12-14H2. The maximum atomic E-state index is 12.9. The largest absolute Gasteiger partial charge is 0.339 e. The molecule has 3 aromatic rings. The summed E-state index contributed by atoms with van der Waals surface area (Å²) in [6.45, 7) is 3.56. The lowest BCUT2D eigenvalue weighted by Crippen LogP contribution is -2.48. The van der Waals surface area contributed by atoms with Gasteiger partial charge in [0, 0.05) is 31.9 Å². The zero-order valence-electron chi connectivity index (χ0n) is 15.8. The van der Waals surface area contributed by atoms with Crippen LogP contribution in [0.25, 0.3) is 10.7 Å². The van der Waals surface area contributed by atoms with Gasteiger partial charge in [-0.05, 0) is 29.1 Å². The summed E-state index contributed by atoms with van der Waals surface area (Å²) < 4.78 is 18.3. The molecule has 1 fully saturated rings. The summed E-state index contributed by atoms with van der Waals surface area (Å²) in [4.78, 5) is 22.0. The number of thiophene rings is 1. The van der Waals surface area contributed by atoms with E-state index < -0.39 is 0 Å². The van der Waals surface area contributed by atoms with Gasteiger partial charge in [0.05, 0.1) is 17.2 Å². The number of aromatic nitrogens is 2. The SMILES string of the molecule is O=C(CSCc1ccc(F)cc1)N1CCN(Cc2nc(-c3cccs3)no2)CC1. The average molecular weight is 433 g/mol. The third kappa shape index (κ3) is 5.43. The predicted molar refractivity (Wildman–Crippen MR) is 112 cm³/mol. The molecule has 0 spiro atoms. The fraction of sp³-hybridized carbons (Fsp3) is 0.350. The van der Waals surface area contributed by atoms with Gasteiger partial charge in [0.15, 0.2) is 0 Å². The van der Waals surface area contributed by atoms with Crippen molar-refractivity contribution in [2.45, 2.75) is 12.3 Å². The first-order valence-corrected chi connectivity index (χ1v) is 11.4. The van der Waals surface area contributed by atoms with E-state index in [0.29, 0.717) is 42.9 Å². The summed E-state index contributed by atoms with van der Waals surface area (Å²) >= 11 is 3.14. The van der Waals surface area contributed by atoms with Gasteiger partial charge >= 0.3 is 0 Å². The fourth-order valence-electron chi connectivity index (χ4n) is 3.10. The molecule has 0 atom stereocenters. The first-order chi connectivity index (χ1) is 14.2. The van der Waals surface area contributed by atoms with Crippen LogP contribution in [0.1, 0.15) is 11.5 Å². The normalized spacial score (nSPS) is 15.0. The minimum atomic E-state index is -0.240. The molecule has 0 radical (unpaired) electrons. The van der Waals surface area contributed by atoms with E-state index in [1.165, 1.54) is 12.1 Å². The number of hydrogen-bond donors (Lipinski definition) is 0.